The van der Waals surface area contributed by atoms with Crippen LogP contribution in [0.15, 0.2) is 60.7 Å². The van der Waals surface area contributed by atoms with Crippen molar-refractivity contribution in [1.29, 1.82) is 0 Å². The Hall–Kier alpha value is -1.86. The average Bonchev–Trinajstić information content (AvgIpc) is 2.55. The van der Waals surface area contributed by atoms with Gasteiger partial charge in [0.15, 0.2) is 0 Å². The number of carbonyl (C=O) groups is 1. The zero-order valence-electron chi connectivity index (χ0n) is 12.7. The van der Waals surface area contributed by atoms with Gasteiger partial charge in [-0.05, 0) is 47.6 Å². The molecule has 0 unspecified atom stereocenters. The Bertz CT molecular complexity index is 599. The Morgan fingerprint density at radius 3 is 2.23 bits per heavy atom. The maximum Gasteiger partial charge on any atom is 0.221 e. The summed E-state index contributed by atoms with van der Waals surface area (Å²) in [4.78, 5) is 10.6. The van der Waals surface area contributed by atoms with E-state index in [9.17, 15) is 4.79 Å². The molecule has 0 saturated carbocycles. The van der Waals surface area contributed by atoms with Gasteiger partial charge in [0.05, 0.1) is 0 Å². The summed E-state index contributed by atoms with van der Waals surface area (Å²) >= 11 is 5.30. The Morgan fingerprint density at radius 1 is 0.864 bits per heavy atom. The molecule has 114 valence electrons. The number of rotatable bonds is 8. The smallest absolute Gasteiger partial charge is 0.221 e. The van der Waals surface area contributed by atoms with Crippen LogP contribution in [0.2, 0.25) is 0 Å². The summed E-state index contributed by atoms with van der Waals surface area (Å²) in [6.07, 6.45) is 8.92. The van der Waals surface area contributed by atoms with Gasteiger partial charge in [-0.1, -0.05) is 73.2 Å². The lowest BCUT2D eigenvalue weighted by molar-refractivity contribution is -0.111. The van der Waals surface area contributed by atoms with Gasteiger partial charge in [-0.2, -0.15) is 0 Å². The first-order valence-corrected chi connectivity index (χ1v) is 8.14. The van der Waals surface area contributed by atoms with Gasteiger partial charge in [-0.15, -0.1) is 0 Å². The molecule has 0 radical (unpaired) electrons. The zero-order valence-corrected chi connectivity index (χ0v) is 13.4. The number of carbonyl (C=O) groups excluding carboxylic acids is 1. The molecule has 0 fully saturated rings. The average molecular weight is 313 g/mol. The highest BCUT2D eigenvalue weighted by Gasteiger charge is 1.96. The molecule has 0 aromatic heterocycles. The van der Waals surface area contributed by atoms with Gasteiger partial charge in [-0.25, -0.2) is 0 Å². The molecule has 0 bridgehead atoms. The minimum absolute atomic E-state index is 0.228. The number of hydrogen-bond donors (Lipinski definition) is 0. The number of halogens is 1. The number of unbranched alkanes of at least 4 members (excludes halogenated alkanes) is 3. The van der Waals surface area contributed by atoms with Crippen molar-refractivity contribution in [3.05, 3.63) is 66.2 Å². The maximum atomic E-state index is 10.6. The lowest BCUT2D eigenvalue weighted by Gasteiger charge is -2.02. The monoisotopic (exact) mass is 312 g/mol. The molecular weight excluding hydrogens is 292 g/mol. The van der Waals surface area contributed by atoms with Gasteiger partial charge in [0.25, 0.3) is 0 Å². The molecule has 0 heterocycles. The van der Waals surface area contributed by atoms with E-state index in [-0.39, 0.29) is 5.24 Å². The van der Waals surface area contributed by atoms with E-state index in [1.165, 1.54) is 16.7 Å². The van der Waals surface area contributed by atoms with E-state index in [1.807, 2.05) is 6.07 Å². The van der Waals surface area contributed by atoms with E-state index in [0.717, 1.165) is 25.7 Å². The van der Waals surface area contributed by atoms with E-state index in [4.69, 9.17) is 11.6 Å². The molecule has 0 amide bonds. The van der Waals surface area contributed by atoms with Gasteiger partial charge in [0.1, 0.15) is 0 Å². The first-order chi connectivity index (χ1) is 10.8. The van der Waals surface area contributed by atoms with Gasteiger partial charge >= 0.3 is 0 Å². The van der Waals surface area contributed by atoms with Crippen molar-refractivity contribution in [3.63, 3.8) is 0 Å². The van der Waals surface area contributed by atoms with Gasteiger partial charge < -0.3 is 0 Å². The van der Waals surface area contributed by atoms with Gasteiger partial charge in [0, 0.05) is 6.42 Å². The second-order valence-electron chi connectivity index (χ2n) is 5.34. The fourth-order valence-electron chi connectivity index (χ4n) is 2.34. The first-order valence-electron chi connectivity index (χ1n) is 7.76. The van der Waals surface area contributed by atoms with Crippen LogP contribution >= 0.6 is 11.6 Å². The molecule has 2 aromatic rings. The van der Waals surface area contributed by atoms with Crippen LogP contribution < -0.4 is 0 Å². The third-order valence-corrected chi connectivity index (χ3v) is 3.76. The highest BCUT2D eigenvalue weighted by molar-refractivity contribution is 6.63. The van der Waals surface area contributed by atoms with Crippen LogP contribution in [0.1, 0.15) is 37.7 Å². The summed E-state index contributed by atoms with van der Waals surface area (Å²) < 4.78 is 0. The van der Waals surface area contributed by atoms with Crippen molar-refractivity contribution in [2.45, 2.75) is 32.1 Å². The highest BCUT2D eigenvalue weighted by atomic mass is 35.5. The molecule has 2 rings (SSSR count). The van der Waals surface area contributed by atoms with Gasteiger partial charge in [0.2, 0.25) is 5.24 Å². The fraction of sp³-hybridized carbons (Fsp3) is 0.250. The van der Waals surface area contributed by atoms with Crippen molar-refractivity contribution in [1.82, 2.24) is 0 Å². The van der Waals surface area contributed by atoms with Crippen molar-refractivity contribution in [2.75, 3.05) is 0 Å². The minimum Gasteiger partial charge on any atom is -0.281 e. The van der Waals surface area contributed by atoms with Crippen molar-refractivity contribution in [3.8, 4) is 11.1 Å². The van der Waals surface area contributed by atoms with E-state index in [2.05, 4.69) is 60.7 Å². The third kappa shape index (κ3) is 5.87. The molecule has 0 aliphatic rings. The SMILES string of the molecule is O=C(Cl)CCCCC/C=C/c1ccc(-c2ccccc2)cc1. The maximum absolute atomic E-state index is 10.6. The summed E-state index contributed by atoms with van der Waals surface area (Å²) in [5.74, 6) is 0. The molecule has 0 atom stereocenters. The second kappa shape index (κ2) is 9.22. The predicted octanol–water partition coefficient (Wildman–Crippen LogP) is 6.08. The first kappa shape index (κ1) is 16.5. The van der Waals surface area contributed by atoms with Crippen LogP contribution in [0.5, 0.6) is 0 Å². The summed E-state index contributed by atoms with van der Waals surface area (Å²) in [5.41, 5.74) is 3.70. The molecule has 1 nitrogen and oxygen atoms in total. The summed E-state index contributed by atoms with van der Waals surface area (Å²) in [5, 5.41) is -0.228. The Balaban J connectivity index is 1.77. The third-order valence-electron chi connectivity index (χ3n) is 3.57. The summed E-state index contributed by atoms with van der Waals surface area (Å²) in [6.45, 7) is 0. The lowest BCUT2D eigenvalue weighted by atomic mass is 10.0. The second-order valence-corrected chi connectivity index (χ2v) is 5.77. The molecule has 2 aromatic carbocycles. The summed E-state index contributed by atoms with van der Waals surface area (Å²) in [6, 6.07) is 19.0. The fourth-order valence-corrected chi connectivity index (χ4v) is 2.47. The van der Waals surface area contributed by atoms with Crippen LogP contribution in [0, 0.1) is 0 Å². The molecular formula is C20H21ClO. The van der Waals surface area contributed by atoms with Crippen LogP contribution in [0.3, 0.4) is 0 Å². The van der Waals surface area contributed by atoms with Crippen molar-refractivity contribution in [2.24, 2.45) is 0 Å². The normalized spacial score (nSPS) is 11.0. The van der Waals surface area contributed by atoms with Crippen LogP contribution in [0.25, 0.3) is 17.2 Å². The molecule has 2 heteroatoms. The number of benzene rings is 2. The van der Waals surface area contributed by atoms with E-state index >= 15 is 0 Å². The molecule has 0 N–H and O–H groups in total. The molecule has 22 heavy (non-hydrogen) atoms. The van der Waals surface area contributed by atoms with Crippen LogP contribution in [-0.2, 0) is 4.79 Å². The van der Waals surface area contributed by atoms with Gasteiger partial charge in [-0.3, -0.25) is 4.79 Å². The number of hydrogen-bond acceptors (Lipinski definition) is 1. The van der Waals surface area contributed by atoms with Crippen molar-refractivity contribution >= 4 is 22.9 Å². The molecule has 0 aliphatic heterocycles. The Morgan fingerprint density at radius 2 is 1.55 bits per heavy atom. The molecule has 0 spiro atoms. The van der Waals surface area contributed by atoms with Crippen LogP contribution in [0.4, 0.5) is 0 Å². The van der Waals surface area contributed by atoms with Crippen LogP contribution in [-0.4, -0.2) is 5.24 Å². The standard InChI is InChI=1S/C20H21ClO/c21-20(22)12-8-3-1-2-5-9-17-13-15-19(16-14-17)18-10-6-4-7-11-18/h4-7,9-11,13-16H,1-3,8,12H2/b9-5+. The number of allylic oxidation sites excluding steroid dienone is 1. The summed E-state index contributed by atoms with van der Waals surface area (Å²) in [7, 11) is 0. The van der Waals surface area contributed by atoms with E-state index < -0.39 is 0 Å². The minimum atomic E-state index is -0.228. The highest BCUT2D eigenvalue weighted by Crippen LogP contribution is 2.19. The van der Waals surface area contributed by atoms with E-state index in [1.54, 1.807) is 0 Å². The molecule has 0 aliphatic carbocycles. The zero-order chi connectivity index (χ0) is 15.6. The van der Waals surface area contributed by atoms with Crippen molar-refractivity contribution < 1.29 is 4.79 Å². The predicted molar refractivity (Wildman–Crippen MR) is 94.9 cm³/mol. The molecule has 0 saturated heterocycles. The lowest BCUT2D eigenvalue weighted by Crippen LogP contribution is -1.85. The Kier molecular flexibility index (Phi) is 6.92. The topological polar surface area (TPSA) is 17.1 Å². The largest absolute Gasteiger partial charge is 0.281 e. The quantitative estimate of drug-likeness (QED) is 0.426. The van der Waals surface area contributed by atoms with E-state index in [0.29, 0.717) is 6.42 Å². The Labute approximate surface area is 137 Å².